The van der Waals surface area contributed by atoms with Gasteiger partial charge in [-0.25, -0.2) is 0 Å². The molecule has 0 aliphatic carbocycles. The molecule has 2 aromatic carbocycles. The molecule has 0 heterocycles. The van der Waals surface area contributed by atoms with Crippen LogP contribution in [0.2, 0.25) is 5.02 Å². The van der Waals surface area contributed by atoms with E-state index < -0.39 is 12.0 Å². The van der Waals surface area contributed by atoms with Crippen LogP contribution >= 0.6 is 27.5 Å². The van der Waals surface area contributed by atoms with Crippen molar-refractivity contribution in [2.24, 2.45) is 0 Å². The summed E-state index contributed by atoms with van der Waals surface area (Å²) in [6, 6.07) is 13.4. The molecule has 2 aromatic rings. The highest BCUT2D eigenvalue weighted by Crippen LogP contribution is 2.12. The lowest BCUT2D eigenvalue weighted by molar-refractivity contribution is -0.681. The normalized spacial score (nSPS) is 11.9. The zero-order chi connectivity index (χ0) is 17.5. The van der Waals surface area contributed by atoms with Crippen LogP contribution in [0.5, 0.6) is 0 Å². The predicted octanol–water partition coefficient (Wildman–Crippen LogP) is 1.60. The zero-order valence-corrected chi connectivity index (χ0v) is 15.2. The third-order valence-corrected chi connectivity index (χ3v) is 4.45. The van der Waals surface area contributed by atoms with Gasteiger partial charge in [0.1, 0.15) is 6.04 Å². The summed E-state index contributed by atoms with van der Waals surface area (Å²) >= 11 is 9.13. The highest BCUT2D eigenvalue weighted by atomic mass is 79.9. The van der Waals surface area contributed by atoms with E-state index in [9.17, 15) is 14.7 Å². The van der Waals surface area contributed by atoms with E-state index in [2.05, 4.69) is 15.9 Å². The number of carboxylic acid groups (broad SMARTS) is 1. The van der Waals surface area contributed by atoms with Gasteiger partial charge in [0.05, 0.1) is 18.9 Å². The topological polar surface area (TPSA) is 73.8 Å². The van der Waals surface area contributed by atoms with E-state index in [4.69, 9.17) is 11.6 Å². The Morgan fingerprint density at radius 1 is 1.08 bits per heavy atom. The standard InChI is InChI=1S/C18H17BrClNO3/c19-14-5-3-13(4-6-14)17(22)11-16(18(23)24)21-10-9-12-1-7-15(20)8-2-12/h1-8,16,21H,9-11H2,(H,23,24)/t16-/m1/s1. The third kappa shape index (κ3) is 5.74. The monoisotopic (exact) mass is 409 g/mol. The minimum absolute atomic E-state index is 0.0927. The second-order valence-corrected chi connectivity index (χ2v) is 6.81. The molecule has 0 aromatic heterocycles. The van der Waals surface area contributed by atoms with Crippen molar-refractivity contribution in [2.75, 3.05) is 6.54 Å². The lowest BCUT2D eigenvalue weighted by Crippen LogP contribution is -2.93. The van der Waals surface area contributed by atoms with Crippen molar-refractivity contribution in [2.45, 2.75) is 18.9 Å². The molecule has 0 aliphatic heterocycles. The van der Waals surface area contributed by atoms with Crippen LogP contribution in [0.1, 0.15) is 22.3 Å². The van der Waals surface area contributed by atoms with Gasteiger partial charge in [-0.3, -0.25) is 4.79 Å². The fourth-order valence-electron chi connectivity index (χ4n) is 2.32. The summed E-state index contributed by atoms with van der Waals surface area (Å²) < 4.78 is 0.866. The maximum absolute atomic E-state index is 12.2. The van der Waals surface area contributed by atoms with E-state index in [1.165, 1.54) is 0 Å². The molecule has 4 nitrogen and oxygen atoms in total. The minimum atomic E-state index is -1.23. The second-order valence-electron chi connectivity index (χ2n) is 5.46. The first kappa shape index (κ1) is 18.6. The number of ketones is 1. The van der Waals surface area contributed by atoms with Crippen molar-refractivity contribution in [3.63, 3.8) is 0 Å². The summed E-state index contributed by atoms with van der Waals surface area (Å²) in [6.07, 6.45) is 0.595. The maximum Gasteiger partial charge on any atom is 0.169 e. The summed E-state index contributed by atoms with van der Waals surface area (Å²) in [5, 5.41) is 13.6. The van der Waals surface area contributed by atoms with E-state index in [0.717, 1.165) is 10.0 Å². The van der Waals surface area contributed by atoms with Gasteiger partial charge in [0.15, 0.2) is 5.78 Å². The molecule has 1 atom stereocenters. The van der Waals surface area contributed by atoms with Crippen molar-refractivity contribution < 1.29 is 20.0 Å². The Kier molecular flexibility index (Phi) is 6.97. The number of carbonyl (C=O) groups is 2. The van der Waals surface area contributed by atoms with E-state index in [1.807, 2.05) is 12.1 Å². The second kappa shape index (κ2) is 8.97. The Morgan fingerprint density at radius 2 is 1.71 bits per heavy atom. The van der Waals surface area contributed by atoms with Crippen molar-refractivity contribution in [3.8, 4) is 0 Å². The molecule has 0 spiro atoms. The van der Waals surface area contributed by atoms with E-state index in [1.54, 1.807) is 41.7 Å². The lowest BCUT2D eigenvalue weighted by atomic mass is 10.0. The highest BCUT2D eigenvalue weighted by Gasteiger charge is 2.19. The summed E-state index contributed by atoms with van der Waals surface area (Å²) in [4.78, 5) is 23.5. The molecule has 0 aliphatic rings. The highest BCUT2D eigenvalue weighted by molar-refractivity contribution is 9.10. The van der Waals surface area contributed by atoms with Gasteiger partial charge in [-0.1, -0.05) is 51.8 Å². The van der Waals surface area contributed by atoms with Crippen molar-refractivity contribution in [1.29, 1.82) is 0 Å². The molecule has 126 valence electrons. The number of Topliss-reactive ketones (excluding diaryl/α,β-unsaturated/α-hetero) is 1. The van der Waals surface area contributed by atoms with Crippen LogP contribution in [0.3, 0.4) is 0 Å². The van der Waals surface area contributed by atoms with Gasteiger partial charge in [0.25, 0.3) is 0 Å². The van der Waals surface area contributed by atoms with Gasteiger partial charge in [0, 0.05) is 21.5 Å². The summed E-state index contributed by atoms with van der Waals surface area (Å²) in [5.41, 5.74) is 1.56. The summed E-state index contributed by atoms with van der Waals surface area (Å²) in [7, 11) is 0. The molecular formula is C18H17BrClNO3. The van der Waals surface area contributed by atoms with Gasteiger partial charge in [-0.15, -0.1) is 0 Å². The Hall–Kier alpha value is -1.69. The lowest BCUT2D eigenvalue weighted by Gasteiger charge is -2.16. The molecule has 0 amide bonds. The van der Waals surface area contributed by atoms with Gasteiger partial charge >= 0.3 is 0 Å². The fourth-order valence-corrected chi connectivity index (χ4v) is 2.71. The van der Waals surface area contributed by atoms with E-state index >= 15 is 0 Å². The fraction of sp³-hybridized carbons (Fsp3) is 0.222. The number of carboxylic acids is 1. The maximum atomic E-state index is 12.2. The summed E-state index contributed by atoms with van der Waals surface area (Å²) in [5.74, 6) is -1.43. The molecule has 0 saturated carbocycles. The SMILES string of the molecule is O=C(C[C@@H]([NH2+]CCc1ccc(Cl)cc1)C(=O)[O-])c1ccc(Br)cc1. The zero-order valence-electron chi connectivity index (χ0n) is 12.9. The molecule has 0 fully saturated rings. The number of quaternary nitrogens is 1. The predicted molar refractivity (Wildman–Crippen MR) is 93.8 cm³/mol. The first-order valence-corrected chi connectivity index (χ1v) is 8.70. The average molecular weight is 411 g/mol. The molecule has 0 saturated heterocycles. The molecule has 2 rings (SSSR count). The number of hydrogen-bond donors (Lipinski definition) is 1. The molecule has 0 unspecified atom stereocenters. The Morgan fingerprint density at radius 3 is 2.29 bits per heavy atom. The number of benzene rings is 2. The van der Waals surface area contributed by atoms with Crippen LogP contribution in [0.25, 0.3) is 0 Å². The van der Waals surface area contributed by atoms with Crippen LogP contribution < -0.4 is 10.4 Å². The van der Waals surface area contributed by atoms with Crippen LogP contribution in [0, 0.1) is 0 Å². The van der Waals surface area contributed by atoms with Gasteiger partial charge in [0.2, 0.25) is 0 Å². The van der Waals surface area contributed by atoms with Crippen LogP contribution in [0.4, 0.5) is 0 Å². The number of halogens is 2. The Labute approximate surface area is 154 Å². The Bertz CT molecular complexity index is 701. The van der Waals surface area contributed by atoms with Crippen molar-refractivity contribution >= 4 is 39.3 Å². The van der Waals surface area contributed by atoms with Crippen molar-refractivity contribution in [3.05, 3.63) is 69.2 Å². The number of nitrogens with two attached hydrogens (primary N) is 1. The van der Waals surface area contributed by atoms with Crippen LogP contribution in [-0.2, 0) is 11.2 Å². The minimum Gasteiger partial charge on any atom is -0.544 e. The third-order valence-electron chi connectivity index (χ3n) is 3.67. The molecule has 24 heavy (non-hydrogen) atoms. The first-order valence-electron chi connectivity index (χ1n) is 7.53. The molecule has 0 bridgehead atoms. The van der Waals surface area contributed by atoms with Crippen LogP contribution in [-0.4, -0.2) is 24.3 Å². The average Bonchev–Trinajstić information content (AvgIpc) is 2.56. The summed E-state index contributed by atoms with van der Waals surface area (Å²) in [6.45, 7) is 0.550. The van der Waals surface area contributed by atoms with Gasteiger partial charge in [-0.05, 0) is 29.8 Å². The molecule has 6 heteroatoms. The Balaban J connectivity index is 1.89. The smallest absolute Gasteiger partial charge is 0.169 e. The molecule has 0 radical (unpaired) electrons. The number of carbonyl (C=O) groups excluding carboxylic acids is 2. The quantitative estimate of drug-likeness (QED) is 0.672. The van der Waals surface area contributed by atoms with Crippen molar-refractivity contribution in [1.82, 2.24) is 0 Å². The largest absolute Gasteiger partial charge is 0.544 e. The number of rotatable bonds is 8. The number of aliphatic carboxylic acids is 1. The first-order chi connectivity index (χ1) is 11.5. The van der Waals surface area contributed by atoms with E-state index in [-0.39, 0.29) is 12.2 Å². The van der Waals surface area contributed by atoms with Gasteiger partial charge < -0.3 is 15.2 Å². The molecular weight excluding hydrogens is 394 g/mol. The number of hydrogen-bond acceptors (Lipinski definition) is 3. The van der Waals surface area contributed by atoms with Gasteiger partial charge in [-0.2, -0.15) is 0 Å². The van der Waals surface area contributed by atoms with Crippen LogP contribution in [0.15, 0.2) is 53.0 Å². The van der Waals surface area contributed by atoms with E-state index in [0.29, 0.717) is 23.6 Å². The molecule has 2 N–H and O–H groups in total.